The highest BCUT2D eigenvalue weighted by atomic mass is 16.6. The molecule has 1 aromatic heterocycles. The van der Waals surface area contributed by atoms with Crippen molar-refractivity contribution in [2.45, 2.75) is 12.8 Å². The fourth-order valence-electron chi connectivity index (χ4n) is 2.27. The number of anilines is 2. The molecule has 8 nitrogen and oxygen atoms in total. The molecule has 1 aliphatic rings. The number of piperidine rings is 1. The van der Waals surface area contributed by atoms with Crippen molar-refractivity contribution < 1.29 is 4.92 Å². The molecule has 0 bridgehead atoms. The molecule has 0 saturated carbocycles. The van der Waals surface area contributed by atoms with Crippen LogP contribution in [0.1, 0.15) is 12.8 Å². The molecule has 0 aromatic carbocycles. The van der Waals surface area contributed by atoms with E-state index in [0.29, 0.717) is 18.4 Å². The number of nitrogens with zero attached hydrogens (tertiary/aromatic N) is 4. The number of likely N-dealkylation sites (tertiary alicyclic amines) is 1. The number of nitrogens with one attached hydrogen (secondary N) is 2. The van der Waals surface area contributed by atoms with E-state index in [9.17, 15) is 10.1 Å². The van der Waals surface area contributed by atoms with Crippen LogP contribution in [0.3, 0.4) is 0 Å². The Morgan fingerprint density at radius 1 is 1.50 bits per heavy atom. The summed E-state index contributed by atoms with van der Waals surface area (Å²) in [6, 6.07) is 0. The third-order valence-corrected chi connectivity index (χ3v) is 3.59. The lowest BCUT2D eigenvalue weighted by Crippen LogP contribution is -2.33. The molecule has 1 aromatic rings. The minimum Gasteiger partial charge on any atom is -0.364 e. The molecule has 20 heavy (non-hydrogen) atoms. The first kappa shape index (κ1) is 14.4. The van der Waals surface area contributed by atoms with Crippen LogP contribution in [0.15, 0.2) is 6.20 Å². The Morgan fingerprint density at radius 3 is 2.80 bits per heavy atom. The summed E-state index contributed by atoms with van der Waals surface area (Å²) in [5.41, 5.74) is -0.0862. The van der Waals surface area contributed by atoms with Crippen molar-refractivity contribution in [2.75, 3.05) is 44.4 Å². The minimum absolute atomic E-state index is 0.0862. The van der Waals surface area contributed by atoms with Crippen LogP contribution in [0.2, 0.25) is 0 Å². The predicted molar refractivity (Wildman–Crippen MR) is 76.9 cm³/mol. The van der Waals surface area contributed by atoms with Crippen LogP contribution < -0.4 is 10.6 Å². The number of nitro groups is 1. The van der Waals surface area contributed by atoms with Gasteiger partial charge in [0.1, 0.15) is 6.20 Å². The van der Waals surface area contributed by atoms with Gasteiger partial charge >= 0.3 is 5.69 Å². The van der Waals surface area contributed by atoms with Crippen LogP contribution in [0, 0.1) is 16.0 Å². The zero-order valence-corrected chi connectivity index (χ0v) is 11.8. The first-order valence-electron chi connectivity index (χ1n) is 6.71. The Morgan fingerprint density at radius 2 is 2.20 bits per heavy atom. The van der Waals surface area contributed by atoms with E-state index in [2.05, 4.69) is 32.5 Å². The lowest BCUT2D eigenvalue weighted by molar-refractivity contribution is -0.384. The number of rotatable bonds is 5. The van der Waals surface area contributed by atoms with E-state index in [0.717, 1.165) is 25.9 Å². The summed E-state index contributed by atoms with van der Waals surface area (Å²) in [4.78, 5) is 20.8. The first-order valence-corrected chi connectivity index (χ1v) is 6.71. The van der Waals surface area contributed by atoms with E-state index in [1.807, 2.05) is 0 Å². The van der Waals surface area contributed by atoms with Gasteiger partial charge in [-0.25, -0.2) is 4.98 Å². The van der Waals surface area contributed by atoms with Gasteiger partial charge in [0.25, 0.3) is 0 Å². The second-order valence-corrected chi connectivity index (χ2v) is 5.06. The van der Waals surface area contributed by atoms with Gasteiger partial charge in [-0.3, -0.25) is 10.1 Å². The van der Waals surface area contributed by atoms with E-state index in [1.54, 1.807) is 7.05 Å². The Hall–Kier alpha value is -1.96. The largest absolute Gasteiger partial charge is 0.364 e. The molecule has 2 heterocycles. The molecule has 2 rings (SSSR count). The summed E-state index contributed by atoms with van der Waals surface area (Å²) in [7, 11) is 3.79. The zero-order chi connectivity index (χ0) is 14.5. The average Bonchev–Trinajstić information content (AvgIpc) is 2.46. The van der Waals surface area contributed by atoms with Crippen LogP contribution in [-0.4, -0.2) is 53.5 Å². The van der Waals surface area contributed by atoms with Crippen molar-refractivity contribution in [3.05, 3.63) is 16.3 Å². The van der Waals surface area contributed by atoms with Gasteiger partial charge in [-0.2, -0.15) is 4.98 Å². The summed E-state index contributed by atoms with van der Waals surface area (Å²) < 4.78 is 0. The zero-order valence-electron chi connectivity index (χ0n) is 11.8. The second-order valence-electron chi connectivity index (χ2n) is 5.06. The molecular weight excluding hydrogens is 260 g/mol. The molecular formula is C12H20N6O2. The Balaban J connectivity index is 2.02. The Kier molecular flexibility index (Phi) is 4.67. The van der Waals surface area contributed by atoms with E-state index in [1.165, 1.54) is 6.20 Å². The summed E-state index contributed by atoms with van der Waals surface area (Å²) >= 11 is 0. The van der Waals surface area contributed by atoms with Gasteiger partial charge in [-0.05, 0) is 38.9 Å². The quantitative estimate of drug-likeness (QED) is 0.617. The minimum atomic E-state index is -0.462. The van der Waals surface area contributed by atoms with E-state index in [4.69, 9.17) is 0 Å². The number of hydrogen-bond donors (Lipinski definition) is 2. The Labute approximate surface area is 117 Å². The maximum atomic E-state index is 11.0. The summed E-state index contributed by atoms with van der Waals surface area (Å²) in [5, 5.41) is 16.9. The lowest BCUT2D eigenvalue weighted by atomic mass is 9.97. The third kappa shape index (κ3) is 3.53. The Bertz CT molecular complexity index is 473. The van der Waals surface area contributed by atoms with Gasteiger partial charge in [0.2, 0.25) is 11.8 Å². The smallest absolute Gasteiger partial charge is 0.329 e. The van der Waals surface area contributed by atoms with Crippen molar-refractivity contribution in [1.29, 1.82) is 0 Å². The van der Waals surface area contributed by atoms with E-state index >= 15 is 0 Å². The molecule has 2 N–H and O–H groups in total. The highest BCUT2D eigenvalue weighted by Gasteiger charge is 2.20. The molecule has 110 valence electrons. The average molecular weight is 280 g/mol. The molecule has 0 unspecified atom stereocenters. The number of hydrogen-bond acceptors (Lipinski definition) is 7. The highest BCUT2D eigenvalue weighted by molar-refractivity contribution is 5.56. The fraction of sp³-hybridized carbons (Fsp3) is 0.667. The predicted octanol–water partition coefficient (Wildman–Crippen LogP) is 1.18. The third-order valence-electron chi connectivity index (χ3n) is 3.59. The molecule has 8 heteroatoms. The summed E-state index contributed by atoms with van der Waals surface area (Å²) in [6.45, 7) is 2.84. The van der Waals surface area contributed by atoms with Gasteiger partial charge in [0.05, 0.1) is 4.92 Å². The number of aromatic nitrogens is 2. The second kappa shape index (κ2) is 6.47. The van der Waals surface area contributed by atoms with Gasteiger partial charge in [0, 0.05) is 13.6 Å². The maximum absolute atomic E-state index is 11.0. The molecule has 0 atom stereocenters. The van der Waals surface area contributed by atoms with Gasteiger partial charge in [0.15, 0.2) is 0 Å². The molecule has 0 aliphatic carbocycles. The van der Waals surface area contributed by atoms with Crippen LogP contribution in [-0.2, 0) is 0 Å². The van der Waals surface area contributed by atoms with Crippen LogP contribution in [0.25, 0.3) is 0 Å². The molecule has 1 aliphatic heterocycles. The SMILES string of the molecule is CNc1ncc([N+](=O)[O-])c(NCC2CCN(C)CC2)n1. The van der Waals surface area contributed by atoms with Crippen LogP contribution >= 0.6 is 0 Å². The van der Waals surface area contributed by atoms with Gasteiger partial charge in [-0.1, -0.05) is 0 Å². The lowest BCUT2D eigenvalue weighted by Gasteiger charge is -2.29. The topological polar surface area (TPSA) is 96.2 Å². The van der Waals surface area contributed by atoms with Crippen molar-refractivity contribution in [2.24, 2.45) is 5.92 Å². The summed E-state index contributed by atoms with van der Waals surface area (Å²) in [6.07, 6.45) is 3.43. The molecule has 0 radical (unpaired) electrons. The molecule has 0 amide bonds. The normalized spacial score (nSPS) is 16.9. The molecule has 0 spiro atoms. The van der Waals surface area contributed by atoms with Crippen LogP contribution in [0.4, 0.5) is 17.5 Å². The fourth-order valence-corrected chi connectivity index (χ4v) is 2.27. The van der Waals surface area contributed by atoms with E-state index < -0.39 is 4.92 Å². The summed E-state index contributed by atoms with van der Waals surface area (Å²) in [5.74, 6) is 1.19. The van der Waals surface area contributed by atoms with Crippen molar-refractivity contribution >= 4 is 17.5 Å². The molecule has 1 fully saturated rings. The maximum Gasteiger partial charge on any atom is 0.329 e. The van der Waals surface area contributed by atoms with Crippen LogP contribution in [0.5, 0.6) is 0 Å². The first-order chi connectivity index (χ1) is 9.60. The monoisotopic (exact) mass is 280 g/mol. The molecule has 1 saturated heterocycles. The standard InChI is InChI=1S/C12H20N6O2/c1-13-12-15-8-10(18(19)20)11(16-12)14-7-9-3-5-17(2)6-4-9/h8-9H,3-7H2,1-2H3,(H2,13,14,15,16). The van der Waals surface area contributed by atoms with Crippen molar-refractivity contribution in [1.82, 2.24) is 14.9 Å². The highest BCUT2D eigenvalue weighted by Crippen LogP contribution is 2.23. The van der Waals surface area contributed by atoms with E-state index in [-0.39, 0.29) is 11.5 Å². The van der Waals surface area contributed by atoms with Crippen molar-refractivity contribution in [3.63, 3.8) is 0 Å². The van der Waals surface area contributed by atoms with Crippen molar-refractivity contribution in [3.8, 4) is 0 Å². The van der Waals surface area contributed by atoms with Gasteiger partial charge in [-0.15, -0.1) is 0 Å². The van der Waals surface area contributed by atoms with Gasteiger partial charge < -0.3 is 15.5 Å².